The van der Waals surface area contributed by atoms with Gasteiger partial charge in [-0.15, -0.1) is 0 Å². The number of hydrogen-bond acceptors (Lipinski definition) is 4. The second kappa shape index (κ2) is 7.43. The first-order valence-corrected chi connectivity index (χ1v) is 7.54. The molecule has 0 radical (unpaired) electrons. The van der Waals surface area contributed by atoms with Gasteiger partial charge in [-0.1, -0.05) is 6.92 Å². The Hall–Kier alpha value is -0.160. The molecule has 106 valence electrons. The van der Waals surface area contributed by atoms with E-state index in [1.807, 2.05) is 0 Å². The highest BCUT2D eigenvalue weighted by atomic mass is 16.5. The number of nitrogens with two attached hydrogens (primary N) is 1. The van der Waals surface area contributed by atoms with Gasteiger partial charge in [-0.3, -0.25) is 4.90 Å². The molecule has 18 heavy (non-hydrogen) atoms. The van der Waals surface area contributed by atoms with Gasteiger partial charge in [-0.25, -0.2) is 0 Å². The van der Waals surface area contributed by atoms with E-state index < -0.39 is 0 Å². The molecule has 0 amide bonds. The Balaban J connectivity index is 1.76. The zero-order valence-corrected chi connectivity index (χ0v) is 11.8. The lowest BCUT2D eigenvalue weighted by atomic mass is 10.1. The summed E-state index contributed by atoms with van der Waals surface area (Å²) in [6, 6.07) is 0.672. The van der Waals surface area contributed by atoms with Crippen LogP contribution in [0, 0.1) is 5.92 Å². The lowest BCUT2D eigenvalue weighted by Gasteiger charge is -2.33. The standard InChI is InChI=1S/C14H29N3O/c1-13(10-15)11-16-5-3-6-17(8-7-16)14-4-2-9-18-12-14/h13-14H,2-12,15H2,1H3. The molecule has 0 spiro atoms. The fourth-order valence-corrected chi connectivity index (χ4v) is 3.07. The summed E-state index contributed by atoms with van der Waals surface area (Å²) >= 11 is 0. The first kappa shape index (κ1) is 14.3. The summed E-state index contributed by atoms with van der Waals surface area (Å²) in [5.74, 6) is 0.620. The van der Waals surface area contributed by atoms with Crippen LogP contribution in [0.3, 0.4) is 0 Å². The van der Waals surface area contributed by atoms with Gasteiger partial charge in [0, 0.05) is 32.3 Å². The van der Waals surface area contributed by atoms with Crippen molar-refractivity contribution in [2.75, 3.05) is 52.5 Å². The van der Waals surface area contributed by atoms with Crippen molar-refractivity contribution >= 4 is 0 Å². The fraction of sp³-hybridized carbons (Fsp3) is 1.00. The Morgan fingerprint density at radius 2 is 2.11 bits per heavy atom. The molecule has 2 aliphatic rings. The molecule has 2 rings (SSSR count). The maximum absolute atomic E-state index is 5.72. The van der Waals surface area contributed by atoms with Crippen molar-refractivity contribution in [3.8, 4) is 0 Å². The highest BCUT2D eigenvalue weighted by Crippen LogP contribution is 2.16. The molecule has 4 nitrogen and oxygen atoms in total. The Morgan fingerprint density at radius 3 is 2.83 bits per heavy atom. The molecule has 2 saturated heterocycles. The van der Waals surface area contributed by atoms with Crippen molar-refractivity contribution in [1.29, 1.82) is 0 Å². The molecule has 2 N–H and O–H groups in total. The number of ether oxygens (including phenoxy) is 1. The first-order valence-electron chi connectivity index (χ1n) is 7.54. The molecule has 2 aliphatic heterocycles. The molecule has 2 unspecified atom stereocenters. The summed E-state index contributed by atoms with van der Waals surface area (Å²) in [7, 11) is 0. The lowest BCUT2D eigenvalue weighted by molar-refractivity contribution is 0.0192. The van der Waals surface area contributed by atoms with Crippen LogP contribution in [0.15, 0.2) is 0 Å². The lowest BCUT2D eigenvalue weighted by Crippen LogP contribution is -2.43. The quantitative estimate of drug-likeness (QED) is 0.805. The second-order valence-corrected chi connectivity index (χ2v) is 5.90. The van der Waals surface area contributed by atoms with Crippen LogP contribution in [0.4, 0.5) is 0 Å². The third-order valence-electron chi connectivity index (χ3n) is 4.25. The van der Waals surface area contributed by atoms with E-state index in [1.54, 1.807) is 0 Å². The zero-order valence-electron chi connectivity index (χ0n) is 11.8. The van der Waals surface area contributed by atoms with Crippen LogP contribution in [0.25, 0.3) is 0 Å². The third kappa shape index (κ3) is 4.19. The Labute approximate surface area is 111 Å². The fourth-order valence-electron chi connectivity index (χ4n) is 3.07. The van der Waals surface area contributed by atoms with E-state index in [2.05, 4.69) is 16.7 Å². The van der Waals surface area contributed by atoms with Gasteiger partial charge in [0.1, 0.15) is 0 Å². The SMILES string of the molecule is CC(CN)CN1CCCN(C2CCCOC2)CC1. The van der Waals surface area contributed by atoms with Gasteiger partial charge in [-0.05, 0) is 44.8 Å². The van der Waals surface area contributed by atoms with Gasteiger partial charge in [0.25, 0.3) is 0 Å². The molecule has 2 atom stereocenters. The summed E-state index contributed by atoms with van der Waals surface area (Å²) in [6.45, 7) is 11.0. The number of rotatable bonds is 4. The minimum Gasteiger partial charge on any atom is -0.380 e. The zero-order chi connectivity index (χ0) is 12.8. The van der Waals surface area contributed by atoms with Crippen molar-refractivity contribution in [1.82, 2.24) is 9.80 Å². The van der Waals surface area contributed by atoms with Gasteiger partial charge in [-0.2, -0.15) is 0 Å². The summed E-state index contributed by atoms with van der Waals surface area (Å²) in [5, 5.41) is 0. The van der Waals surface area contributed by atoms with E-state index in [1.165, 1.54) is 45.4 Å². The average molecular weight is 255 g/mol. The summed E-state index contributed by atoms with van der Waals surface area (Å²) in [4.78, 5) is 5.23. The molecule has 0 bridgehead atoms. The van der Waals surface area contributed by atoms with E-state index in [9.17, 15) is 0 Å². The Morgan fingerprint density at radius 1 is 1.22 bits per heavy atom. The summed E-state index contributed by atoms with van der Waals surface area (Å²) in [5.41, 5.74) is 5.72. The van der Waals surface area contributed by atoms with Crippen molar-refractivity contribution in [3.63, 3.8) is 0 Å². The summed E-state index contributed by atoms with van der Waals surface area (Å²) in [6.07, 6.45) is 3.84. The summed E-state index contributed by atoms with van der Waals surface area (Å²) < 4.78 is 5.61. The highest BCUT2D eigenvalue weighted by molar-refractivity contribution is 4.79. The Bertz CT molecular complexity index is 231. The van der Waals surface area contributed by atoms with Crippen LogP contribution < -0.4 is 5.73 Å². The van der Waals surface area contributed by atoms with E-state index in [-0.39, 0.29) is 0 Å². The predicted octanol–water partition coefficient (Wildman–Crippen LogP) is 0.768. The molecular weight excluding hydrogens is 226 g/mol. The van der Waals surface area contributed by atoms with Crippen LogP contribution in [0.2, 0.25) is 0 Å². The van der Waals surface area contributed by atoms with Crippen LogP contribution in [-0.4, -0.2) is 68.3 Å². The molecule has 0 aliphatic carbocycles. The van der Waals surface area contributed by atoms with Gasteiger partial charge in [0.15, 0.2) is 0 Å². The second-order valence-electron chi connectivity index (χ2n) is 5.90. The number of nitrogens with zero attached hydrogens (tertiary/aromatic N) is 2. The molecule has 2 fully saturated rings. The molecule has 4 heteroatoms. The van der Waals surface area contributed by atoms with E-state index in [0.29, 0.717) is 12.0 Å². The maximum Gasteiger partial charge on any atom is 0.0621 e. The largest absolute Gasteiger partial charge is 0.380 e. The molecular formula is C14H29N3O. The molecule has 2 heterocycles. The molecule has 0 aromatic heterocycles. The van der Waals surface area contributed by atoms with E-state index in [4.69, 9.17) is 10.5 Å². The highest BCUT2D eigenvalue weighted by Gasteiger charge is 2.24. The van der Waals surface area contributed by atoms with Gasteiger partial charge in [0.2, 0.25) is 0 Å². The van der Waals surface area contributed by atoms with Crippen LogP contribution in [0.1, 0.15) is 26.2 Å². The van der Waals surface area contributed by atoms with Crippen LogP contribution >= 0.6 is 0 Å². The molecule has 0 saturated carbocycles. The van der Waals surface area contributed by atoms with Gasteiger partial charge in [0.05, 0.1) is 6.61 Å². The Kier molecular flexibility index (Phi) is 5.89. The van der Waals surface area contributed by atoms with Crippen molar-refractivity contribution in [3.05, 3.63) is 0 Å². The van der Waals surface area contributed by atoms with Crippen LogP contribution in [0.5, 0.6) is 0 Å². The normalized spacial score (nSPS) is 30.0. The first-order chi connectivity index (χ1) is 8.79. The maximum atomic E-state index is 5.72. The molecule has 0 aromatic carbocycles. The van der Waals surface area contributed by atoms with Gasteiger partial charge >= 0.3 is 0 Å². The van der Waals surface area contributed by atoms with Gasteiger partial charge < -0.3 is 15.4 Å². The van der Waals surface area contributed by atoms with Crippen molar-refractivity contribution in [2.45, 2.75) is 32.2 Å². The van der Waals surface area contributed by atoms with Crippen molar-refractivity contribution in [2.24, 2.45) is 11.7 Å². The predicted molar refractivity (Wildman–Crippen MR) is 74.7 cm³/mol. The topological polar surface area (TPSA) is 41.7 Å². The molecule has 0 aromatic rings. The van der Waals surface area contributed by atoms with E-state index >= 15 is 0 Å². The third-order valence-corrected chi connectivity index (χ3v) is 4.25. The smallest absolute Gasteiger partial charge is 0.0621 e. The number of hydrogen-bond donors (Lipinski definition) is 1. The van der Waals surface area contributed by atoms with Crippen molar-refractivity contribution < 1.29 is 4.74 Å². The average Bonchev–Trinajstić information content (AvgIpc) is 2.65. The minimum atomic E-state index is 0.620. The monoisotopic (exact) mass is 255 g/mol. The minimum absolute atomic E-state index is 0.620. The van der Waals surface area contributed by atoms with Crippen LogP contribution in [-0.2, 0) is 4.74 Å². The van der Waals surface area contributed by atoms with E-state index in [0.717, 1.165) is 26.3 Å².